The minimum atomic E-state index is -1.03. The molecule has 39 heavy (non-hydrogen) atoms. The van der Waals surface area contributed by atoms with E-state index in [-0.39, 0.29) is 18.5 Å². The van der Waals surface area contributed by atoms with Crippen LogP contribution < -0.4 is 5.32 Å². The van der Waals surface area contributed by atoms with Gasteiger partial charge in [-0.3, -0.25) is 9.69 Å². The number of hydrogen-bond donors (Lipinski definition) is 1. The molecule has 0 bridgehead atoms. The van der Waals surface area contributed by atoms with Gasteiger partial charge in [-0.2, -0.15) is 0 Å². The summed E-state index contributed by atoms with van der Waals surface area (Å²) in [6.45, 7) is 4.87. The zero-order valence-corrected chi connectivity index (χ0v) is 27.2. The molecule has 3 aromatic rings. The second kappa shape index (κ2) is 12.0. The minimum Gasteiger partial charge on any atom is -0.352 e. The van der Waals surface area contributed by atoms with Crippen molar-refractivity contribution in [1.29, 1.82) is 0 Å². The number of imide groups is 1. The Morgan fingerprint density at radius 3 is 2.51 bits per heavy atom. The van der Waals surface area contributed by atoms with E-state index >= 15 is 0 Å². The van der Waals surface area contributed by atoms with E-state index in [0.29, 0.717) is 16.8 Å². The van der Waals surface area contributed by atoms with Gasteiger partial charge in [0.2, 0.25) is 5.95 Å². The van der Waals surface area contributed by atoms with Crippen LogP contribution >= 0.6 is 61.8 Å². The van der Waals surface area contributed by atoms with Crippen LogP contribution in [0.1, 0.15) is 31.1 Å². The number of aromatic nitrogens is 2. The summed E-state index contributed by atoms with van der Waals surface area (Å²) in [5, 5.41) is 5.06. The number of halogens is 3. The smallest absolute Gasteiger partial charge is 0.329 e. The van der Waals surface area contributed by atoms with Gasteiger partial charge in [0, 0.05) is 31.4 Å². The molecule has 0 aromatic carbocycles. The van der Waals surface area contributed by atoms with Gasteiger partial charge in [-0.1, -0.05) is 23.2 Å². The Morgan fingerprint density at radius 2 is 1.90 bits per heavy atom. The molecule has 1 aliphatic heterocycles. The molecule has 1 fully saturated rings. The maximum atomic E-state index is 13.6. The average Bonchev–Trinajstić information content (AvgIpc) is 3.48. The molecule has 3 amide bonds. The van der Waals surface area contributed by atoms with Crippen molar-refractivity contribution in [3.8, 4) is 10.6 Å². The number of nitrogens with zero attached hydrogens (tertiary/aromatic N) is 6. The molecule has 1 N–H and O–H groups in total. The van der Waals surface area contributed by atoms with Crippen molar-refractivity contribution >= 4 is 79.7 Å². The van der Waals surface area contributed by atoms with Crippen molar-refractivity contribution in [2.75, 3.05) is 46.6 Å². The van der Waals surface area contributed by atoms with Crippen LogP contribution in [0.15, 0.2) is 28.2 Å². The number of urea groups is 1. The normalized spacial score (nSPS) is 16.2. The van der Waals surface area contributed by atoms with E-state index in [1.54, 1.807) is 24.9 Å². The number of hydrogen-bond acceptors (Lipinski definition) is 9. The minimum absolute atomic E-state index is 0.276. The molecule has 1 aliphatic rings. The molecule has 1 atom stereocenters. The van der Waals surface area contributed by atoms with Gasteiger partial charge in [0.1, 0.15) is 17.4 Å². The molecule has 4 rings (SSSR count). The van der Waals surface area contributed by atoms with E-state index < -0.39 is 11.7 Å². The first-order chi connectivity index (χ1) is 18.3. The first kappa shape index (κ1) is 30.2. The highest BCUT2D eigenvalue weighted by atomic mass is 79.9. The summed E-state index contributed by atoms with van der Waals surface area (Å²) in [7, 11) is 7.63. The van der Waals surface area contributed by atoms with Gasteiger partial charge in [-0.25, -0.2) is 19.7 Å². The molecular weight excluding hydrogens is 645 g/mol. The lowest BCUT2D eigenvalue weighted by atomic mass is 10.0. The van der Waals surface area contributed by atoms with Crippen molar-refractivity contribution in [2.24, 2.45) is 0 Å². The molecule has 0 spiro atoms. The van der Waals surface area contributed by atoms with Gasteiger partial charge in [-0.15, -0.1) is 22.7 Å². The van der Waals surface area contributed by atoms with Crippen LogP contribution in [0.5, 0.6) is 0 Å². The lowest BCUT2D eigenvalue weighted by Gasteiger charge is -2.31. The van der Waals surface area contributed by atoms with Crippen LogP contribution in [0.3, 0.4) is 0 Å². The number of anilines is 1. The standard InChI is InChI=1S/C25H30BrCl2N7O2S2/c1-25(2)22(36)35(21(33(5)6)15-7-10-38-20(15)28)24(37)34(25)9-8-29-23-30-12-16(26)18(31-23)17-11-14(13-32(3)4)19(27)39-17/h7,10-12,21H,8-9,13H2,1-6H3,(H,29,30,31). The molecule has 9 nitrogen and oxygen atoms in total. The summed E-state index contributed by atoms with van der Waals surface area (Å²) >= 11 is 19.3. The van der Waals surface area contributed by atoms with Crippen molar-refractivity contribution in [1.82, 2.24) is 29.6 Å². The third-order valence-electron chi connectivity index (χ3n) is 6.35. The third-order valence-corrected chi connectivity index (χ3v) is 9.58. The van der Waals surface area contributed by atoms with Crippen LogP contribution in [0.2, 0.25) is 8.67 Å². The molecule has 14 heteroatoms. The molecule has 3 aromatic heterocycles. The molecule has 1 saturated heterocycles. The Balaban J connectivity index is 1.50. The van der Waals surface area contributed by atoms with Crippen LogP contribution in [-0.4, -0.2) is 88.3 Å². The number of rotatable bonds is 10. The van der Waals surface area contributed by atoms with Crippen molar-refractivity contribution in [3.05, 3.63) is 48.0 Å². The lowest BCUT2D eigenvalue weighted by molar-refractivity contribution is -0.135. The Kier molecular flexibility index (Phi) is 9.26. The zero-order chi connectivity index (χ0) is 28.6. The summed E-state index contributed by atoms with van der Waals surface area (Å²) in [4.78, 5) is 43.9. The third kappa shape index (κ3) is 6.12. The number of thiophene rings is 2. The Bertz CT molecular complexity index is 1380. The van der Waals surface area contributed by atoms with Gasteiger partial charge < -0.3 is 15.1 Å². The maximum Gasteiger partial charge on any atom is 0.329 e. The molecular formula is C25H30BrCl2N7O2S2. The van der Waals surface area contributed by atoms with E-state index in [9.17, 15) is 9.59 Å². The second-order valence-electron chi connectivity index (χ2n) is 10.1. The van der Waals surface area contributed by atoms with Gasteiger partial charge in [-0.05, 0) is 81.0 Å². The Morgan fingerprint density at radius 1 is 1.18 bits per heavy atom. The molecule has 4 heterocycles. The van der Waals surface area contributed by atoms with Crippen molar-refractivity contribution in [3.63, 3.8) is 0 Å². The van der Waals surface area contributed by atoms with E-state index in [2.05, 4.69) is 36.1 Å². The van der Waals surface area contributed by atoms with E-state index in [1.165, 1.54) is 27.6 Å². The van der Waals surface area contributed by atoms with E-state index in [1.807, 2.05) is 50.6 Å². The summed E-state index contributed by atoms with van der Waals surface area (Å²) in [5.74, 6) is 0.134. The fourth-order valence-corrected chi connectivity index (χ4v) is 7.23. The van der Waals surface area contributed by atoms with Gasteiger partial charge in [0.05, 0.1) is 18.0 Å². The Hall–Kier alpha value is -1.80. The monoisotopic (exact) mass is 673 g/mol. The van der Waals surface area contributed by atoms with Gasteiger partial charge in [0.25, 0.3) is 5.91 Å². The number of nitrogens with one attached hydrogen (secondary N) is 1. The predicted molar refractivity (Wildman–Crippen MR) is 163 cm³/mol. The summed E-state index contributed by atoms with van der Waals surface area (Å²) in [6.07, 6.45) is 1.08. The molecule has 1 unspecified atom stereocenters. The van der Waals surface area contributed by atoms with Crippen LogP contribution in [0, 0.1) is 0 Å². The maximum absolute atomic E-state index is 13.6. The SMILES string of the molecule is CN(C)Cc1cc(-c2nc(NCCN3C(=O)N(C(c4ccsc4Cl)N(C)C)C(=O)C3(C)C)ncc2Br)sc1Cl. The molecule has 0 saturated carbocycles. The fourth-order valence-electron chi connectivity index (χ4n) is 4.47. The topological polar surface area (TPSA) is 84.9 Å². The average molecular weight is 676 g/mol. The first-order valence-electron chi connectivity index (χ1n) is 12.1. The number of carbonyl (C=O) groups excluding carboxylic acids is 2. The highest BCUT2D eigenvalue weighted by Gasteiger charge is 2.54. The molecule has 0 aliphatic carbocycles. The predicted octanol–water partition coefficient (Wildman–Crippen LogP) is 6.11. The molecule has 210 valence electrons. The van der Waals surface area contributed by atoms with Gasteiger partial charge >= 0.3 is 6.03 Å². The summed E-state index contributed by atoms with van der Waals surface area (Å²) in [5.41, 5.74) is 1.45. The van der Waals surface area contributed by atoms with Crippen molar-refractivity contribution in [2.45, 2.75) is 32.1 Å². The fraction of sp³-hybridized carbons (Fsp3) is 0.440. The van der Waals surface area contributed by atoms with Crippen LogP contribution in [-0.2, 0) is 11.3 Å². The van der Waals surface area contributed by atoms with Crippen molar-refractivity contribution < 1.29 is 9.59 Å². The van der Waals surface area contributed by atoms with Crippen LogP contribution in [0.4, 0.5) is 10.7 Å². The van der Waals surface area contributed by atoms with E-state index in [0.717, 1.165) is 37.1 Å². The largest absolute Gasteiger partial charge is 0.352 e. The van der Waals surface area contributed by atoms with E-state index in [4.69, 9.17) is 23.2 Å². The number of amides is 3. The second-order valence-corrected chi connectivity index (χ2v) is 14.1. The lowest BCUT2D eigenvalue weighted by Crippen LogP contribution is -2.46. The highest BCUT2D eigenvalue weighted by molar-refractivity contribution is 9.10. The summed E-state index contributed by atoms with van der Waals surface area (Å²) in [6, 6.07) is 3.52. The number of carbonyl (C=O) groups is 2. The van der Waals surface area contributed by atoms with Gasteiger partial charge in [0.15, 0.2) is 0 Å². The van der Waals surface area contributed by atoms with Crippen LogP contribution in [0.25, 0.3) is 10.6 Å². The zero-order valence-electron chi connectivity index (χ0n) is 22.5. The Labute approximate surface area is 254 Å². The highest BCUT2D eigenvalue weighted by Crippen LogP contribution is 2.40. The summed E-state index contributed by atoms with van der Waals surface area (Å²) < 4.78 is 2.03. The quantitative estimate of drug-likeness (QED) is 0.260. The first-order valence-corrected chi connectivity index (χ1v) is 15.3. The molecule has 0 radical (unpaired) electrons.